The van der Waals surface area contributed by atoms with Crippen molar-refractivity contribution in [2.24, 2.45) is 4.99 Å². The lowest BCUT2D eigenvalue weighted by Gasteiger charge is -2.33. The van der Waals surface area contributed by atoms with Gasteiger partial charge >= 0.3 is 0 Å². The van der Waals surface area contributed by atoms with Crippen LogP contribution in [0.4, 0.5) is 17.6 Å². The van der Waals surface area contributed by atoms with E-state index in [0.717, 1.165) is 91.0 Å². The SMILES string of the molecule is C=CC(=NC)c1ccc(-c2ccc(N3CCc4ccc(-c5cc(N6CCN(C)CC6)nc(N)n5)cc4C3)nc2)cc1. The lowest BCUT2D eigenvalue weighted by Crippen LogP contribution is -2.44. The van der Waals surface area contributed by atoms with Gasteiger partial charge in [0.15, 0.2) is 0 Å². The maximum absolute atomic E-state index is 6.17. The number of hydrogen-bond acceptors (Lipinski definition) is 8. The zero-order chi connectivity index (χ0) is 28.3. The van der Waals surface area contributed by atoms with E-state index in [1.54, 1.807) is 13.1 Å². The zero-order valence-corrected chi connectivity index (χ0v) is 23.8. The van der Waals surface area contributed by atoms with Crippen LogP contribution in [-0.2, 0) is 13.0 Å². The molecule has 0 aliphatic carbocycles. The largest absolute Gasteiger partial charge is 0.368 e. The average molecular weight is 545 g/mol. The number of aliphatic imine (C=N–C) groups is 1. The molecular formula is C33H36N8. The quantitative estimate of drug-likeness (QED) is 0.352. The molecule has 8 heteroatoms. The maximum Gasteiger partial charge on any atom is 0.222 e. The summed E-state index contributed by atoms with van der Waals surface area (Å²) in [6, 6.07) is 21.3. The molecule has 0 spiro atoms. The Bertz CT molecular complexity index is 1570. The lowest BCUT2D eigenvalue weighted by molar-refractivity contribution is 0.312. The van der Waals surface area contributed by atoms with Crippen molar-refractivity contribution in [1.29, 1.82) is 0 Å². The van der Waals surface area contributed by atoms with E-state index < -0.39 is 0 Å². The van der Waals surface area contributed by atoms with Crippen LogP contribution in [0.25, 0.3) is 22.4 Å². The van der Waals surface area contributed by atoms with Crippen molar-refractivity contribution in [2.45, 2.75) is 13.0 Å². The summed E-state index contributed by atoms with van der Waals surface area (Å²) in [5.41, 5.74) is 14.9. The number of nitrogen functional groups attached to an aromatic ring is 1. The van der Waals surface area contributed by atoms with Gasteiger partial charge in [-0.1, -0.05) is 43.0 Å². The standard InChI is InChI=1S/C33H36N8/c1-4-29(35-2)25-8-5-23(6-9-25)27-11-12-31(36-21-27)41-14-13-24-7-10-26(19-28(24)22-41)30-20-32(38-33(34)37-30)40-17-15-39(3)16-18-40/h4-12,19-21H,1,13-18,22H2,2-3H3,(H2,34,37,38). The molecule has 1 saturated heterocycles. The molecule has 2 aliphatic rings. The van der Waals surface area contributed by atoms with Crippen LogP contribution < -0.4 is 15.5 Å². The topological polar surface area (TPSA) is 86.8 Å². The Labute approximate surface area is 241 Å². The van der Waals surface area contributed by atoms with Crippen molar-refractivity contribution in [3.8, 4) is 22.4 Å². The maximum atomic E-state index is 6.17. The summed E-state index contributed by atoms with van der Waals surface area (Å²) in [5.74, 6) is 2.20. The Morgan fingerprint density at radius 3 is 2.29 bits per heavy atom. The zero-order valence-electron chi connectivity index (χ0n) is 23.8. The molecule has 4 aromatic rings. The first kappa shape index (κ1) is 26.7. The van der Waals surface area contributed by atoms with E-state index in [-0.39, 0.29) is 0 Å². The molecule has 0 saturated carbocycles. The van der Waals surface area contributed by atoms with Crippen LogP contribution in [0.15, 0.2) is 84.5 Å². The smallest absolute Gasteiger partial charge is 0.222 e. The van der Waals surface area contributed by atoms with Gasteiger partial charge in [0.25, 0.3) is 0 Å². The van der Waals surface area contributed by atoms with Gasteiger partial charge in [0, 0.05) is 69.7 Å². The van der Waals surface area contributed by atoms with Crippen LogP contribution in [-0.4, -0.2) is 72.4 Å². The van der Waals surface area contributed by atoms with E-state index in [1.807, 2.05) is 6.20 Å². The van der Waals surface area contributed by atoms with E-state index in [9.17, 15) is 0 Å². The first-order chi connectivity index (χ1) is 20.0. The number of anilines is 3. The van der Waals surface area contributed by atoms with Crippen LogP contribution >= 0.6 is 0 Å². The molecule has 2 aliphatic heterocycles. The number of nitrogens with zero attached hydrogens (tertiary/aromatic N) is 7. The monoisotopic (exact) mass is 544 g/mol. The van der Waals surface area contributed by atoms with Crippen LogP contribution in [0.5, 0.6) is 0 Å². The van der Waals surface area contributed by atoms with Gasteiger partial charge in [0.1, 0.15) is 11.6 Å². The van der Waals surface area contributed by atoms with E-state index in [0.29, 0.717) is 5.95 Å². The fourth-order valence-corrected chi connectivity index (χ4v) is 5.63. The molecule has 1 fully saturated rings. The summed E-state index contributed by atoms with van der Waals surface area (Å²) in [6.07, 6.45) is 4.71. The summed E-state index contributed by atoms with van der Waals surface area (Å²) in [4.78, 5) is 25.2. The van der Waals surface area contributed by atoms with Gasteiger partial charge in [-0.3, -0.25) is 4.99 Å². The molecular weight excluding hydrogens is 508 g/mol. The number of allylic oxidation sites excluding steroid dienone is 1. The van der Waals surface area contributed by atoms with Gasteiger partial charge in [-0.05, 0) is 60.0 Å². The number of benzene rings is 2. The molecule has 2 aromatic carbocycles. The van der Waals surface area contributed by atoms with Crippen molar-refractivity contribution in [3.05, 3.63) is 96.2 Å². The fraction of sp³-hybridized carbons (Fsp3) is 0.273. The molecule has 8 nitrogen and oxygen atoms in total. The summed E-state index contributed by atoms with van der Waals surface area (Å²) in [7, 11) is 3.93. The minimum absolute atomic E-state index is 0.314. The minimum atomic E-state index is 0.314. The third-order valence-corrected chi connectivity index (χ3v) is 8.09. The summed E-state index contributed by atoms with van der Waals surface area (Å²) in [5, 5.41) is 0. The highest BCUT2D eigenvalue weighted by atomic mass is 15.3. The Morgan fingerprint density at radius 1 is 0.829 bits per heavy atom. The highest BCUT2D eigenvalue weighted by molar-refractivity contribution is 6.08. The first-order valence-electron chi connectivity index (χ1n) is 14.1. The average Bonchev–Trinajstić information content (AvgIpc) is 3.01. The minimum Gasteiger partial charge on any atom is -0.368 e. The molecule has 0 bridgehead atoms. The predicted octanol–water partition coefficient (Wildman–Crippen LogP) is 4.71. The van der Waals surface area contributed by atoms with Crippen molar-refractivity contribution in [1.82, 2.24) is 19.9 Å². The Balaban J connectivity index is 1.19. The molecule has 6 rings (SSSR count). The van der Waals surface area contributed by atoms with Crippen molar-refractivity contribution in [2.75, 3.05) is 62.4 Å². The number of aromatic nitrogens is 3. The fourth-order valence-electron chi connectivity index (χ4n) is 5.63. The van der Waals surface area contributed by atoms with Gasteiger partial charge < -0.3 is 20.4 Å². The van der Waals surface area contributed by atoms with Crippen LogP contribution in [0, 0.1) is 0 Å². The molecule has 0 unspecified atom stereocenters. The molecule has 4 heterocycles. The second kappa shape index (κ2) is 11.5. The predicted molar refractivity (Wildman–Crippen MR) is 169 cm³/mol. The van der Waals surface area contributed by atoms with Gasteiger partial charge in [-0.25, -0.2) is 9.97 Å². The van der Waals surface area contributed by atoms with Crippen LogP contribution in [0.2, 0.25) is 0 Å². The third kappa shape index (κ3) is 5.69. The third-order valence-electron chi connectivity index (χ3n) is 8.09. The number of nitrogens with two attached hydrogens (primary N) is 1. The second-order valence-electron chi connectivity index (χ2n) is 10.7. The number of likely N-dealkylation sites (N-methyl/N-ethyl adjacent to an activating group) is 1. The highest BCUT2D eigenvalue weighted by Gasteiger charge is 2.20. The summed E-state index contributed by atoms with van der Waals surface area (Å²) >= 11 is 0. The van der Waals surface area contributed by atoms with Crippen LogP contribution in [0.3, 0.4) is 0 Å². The van der Waals surface area contributed by atoms with E-state index in [1.165, 1.54) is 11.1 Å². The van der Waals surface area contributed by atoms with Crippen molar-refractivity contribution >= 4 is 23.3 Å². The normalized spacial score (nSPS) is 16.0. The second-order valence-corrected chi connectivity index (χ2v) is 10.7. The molecule has 41 heavy (non-hydrogen) atoms. The lowest BCUT2D eigenvalue weighted by atomic mass is 9.96. The van der Waals surface area contributed by atoms with Crippen molar-refractivity contribution in [3.63, 3.8) is 0 Å². The molecule has 0 amide bonds. The number of hydrogen-bond donors (Lipinski definition) is 1. The van der Waals surface area contributed by atoms with E-state index in [2.05, 4.69) is 104 Å². The molecule has 2 N–H and O–H groups in total. The van der Waals surface area contributed by atoms with Crippen LogP contribution in [0.1, 0.15) is 16.7 Å². The summed E-state index contributed by atoms with van der Waals surface area (Å²) in [6.45, 7) is 9.48. The van der Waals surface area contributed by atoms with Gasteiger partial charge in [-0.15, -0.1) is 0 Å². The number of piperazine rings is 1. The van der Waals surface area contributed by atoms with Gasteiger partial charge in [0.05, 0.1) is 11.4 Å². The van der Waals surface area contributed by atoms with Crippen molar-refractivity contribution < 1.29 is 0 Å². The molecule has 0 radical (unpaired) electrons. The van der Waals surface area contributed by atoms with Gasteiger partial charge in [0.2, 0.25) is 5.95 Å². The number of rotatable bonds is 6. The van der Waals surface area contributed by atoms with E-state index in [4.69, 9.17) is 10.7 Å². The molecule has 0 atom stereocenters. The Kier molecular flexibility index (Phi) is 7.48. The van der Waals surface area contributed by atoms with E-state index >= 15 is 0 Å². The Hall–Kier alpha value is -4.56. The number of fused-ring (bicyclic) bond motifs is 1. The summed E-state index contributed by atoms with van der Waals surface area (Å²) < 4.78 is 0. The Morgan fingerprint density at radius 2 is 1.59 bits per heavy atom. The first-order valence-corrected chi connectivity index (χ1v) is 14.1. The number of pyridine rings is 1. The molecule has 2 aromatic heterocycles. The highest BCUT2D eigenvalue weighted by Crippen LogP contribution is 2.30. The molecule has 208 valence electrons. The van der Waals surface area contributed by atoms with Gasteiger partial charge in [-0.2, -0.15) is 4.98 Å².